The second-order valence-electron chi connectivity index (χ2n) is 5.30. The Morgan fingerprint density at radius 2 is 1.95 bits per heavy atom. The number of esters is 1. The molecule has 0 bridgehead atoms. The Labute approximate surface area is 139 Å². The van der Waals surface area contributed by atoms with Gasteiger partial charge in [-0.3, -0.25) is 9.59 Å². The molecule has 0 aliphatic rings. The number of ketones is 1. The largest absolute Gasteiger partial charge is 0.467 e. The van der Waals surface area contributed by atoms with E-state index in [4.69, 9.17) is 11.6 Å². The van der Waals surface area contributed by atoms with Gasteiger partial charge >= 0.3 is 5.97 Å². The smallest absolute Gasteiger partial charge is 0.328 e. The van der Waals surface area contributed by atoms with Crippen molar-refractivity contribution in [1.82, 2.24) is 5.32 Å². The lowest BCUT2D eigenvalue weighted by Crippen LogP contribution is -2.42. The molecule has 22 heavy (non-hydrogen) atoms. The molecular formula is C15H20ClNO4S. The highest BCUT2D eigenvalue weighted by Gasteiger charge is 2.22. The maximum atomic E-state index is 11.9. The number of halogens is 1. The number of thiophene rings is 1. The summed E-state index contributed by atoms with van der Waals surface area (Å²) in [5.74, 6) is -0.713. The zero-order valence-corrected chi connectivity index (χ0v) is 14.4. The third-order valence-electron chi connectivity index (χ3n) is 2.96. The van der Waals surface area contributed by atoms with Crippen LogP contribution < -0.4 is 5.32 Å². The van der Waals surface area contributed by atoms with E-state index >= 15 is 0 Å². The Bertz CT molecular complexity index is 541. The normalized spacial score (nSPS) is 12.0. The van der Waals surface area contributed by atoms with Gasteiger partial charge in [0.2, 0.25) is 5.91 Å². The van der Waals surface area contributed by atoms with E-state index in [0.29, 0.717) is 15.6 Å². The average Bonchev–Trinajstić information content (AvgIpc) is 2.89. The fourth-order valence-electron chi connectivity index (χ4n) is 1.91. The molecule has 122 valence electrons. The lowest BCUT2D eigenvalue weighted by molar-refractivity contribution is -0.145. The predicted molar refractivity (Wildman–Crippen MR) is 86.3 cm³/mol. The van der Waals surface area contributed by atoms with Crippen LogP contribution in [-0.2, 0) is 14.3 Å². The number of amides is 1. The van der Waals surface area contributed by atoms with Gasteiger partial charge in [-0.25, -0.2) is 4.79 Å². The number of carbonyl (C=O) groups is 3. The van der Waals surface area contributed by atoms with Crippen LogP contribution in [0.15, 0.2) is 12.1 Å². The van der Waals surface area contributed by atoms with Gasteiger partial charge in [-0.1, -0.05) is 25.4 Å². The first kappa shape index (κ1) is 18.6. The summed E-state index contributed by atoms with van der Waals surface area (Å²) in [7, 11) is 1.28. The molecule has 0 saturated heterocycles. The summed E-state index contributed by atoms with van der Waals surface area (Å²) in [6.45, 7) is 3.90. The lowest BCUT2D eigenvalue weighted by Gasteiger charge is -2.18. The van der Waals surface area contributed by atoms with Crippen LogP contribution in [0, 0.1) is 5.92 Å². The van der Waals surface area contributed by atoms with Crippen LogP contribution in [0.4, 0.5) is 0 Å². The predicted octanol–water partition coefficient (Wildman–Crippen LogP) is 3.07. The Morgan fingerprint density at radius 3 is 2.45 bits per heavy atom. The maximum Gasteiger partial charge on any atom is 0.328 e. The standard InChI is InChI=1S/C15H20ClNO4S/c1-9(2)8-10(15(20)21-3)17-14(19)7-4-11(18)12-5-6-13(16)22-12/h5-6,9-10H,4,7-8H2,1-3H3,(H,17,19). The Hall–Kier alpha value is -1.40. The van der Waals surface area contributed by atoms with Crippen LogP contribution in [0.5, 0.6) is 0 Å². The van der Waals surface area contributed by atoms with Gasteiger partial charge in [0.15, 0.2) is 5.78 Å². The second-order valence-corrected chi connectivity index (χ2v) is 7.01. The lowest BCUT2D eigenvalue weighted by atomic mass is 10.0. The molecule has 1 heterocycles. The van der Waals surface area contributed by atoms with E-state index in [1.54, 1.807) is 12.1 Å². The fraction of sp³-hybridized carbons (Fsp3) is 0.533. The van der Waals surface area contributed by atoms with E-state index in [2.05, 4.69) is 10.1 Å². The molecule has 0 fully saturated rings. The van der Waals surface area contributed by atoms with Crippen LogP contribution in [-0.4, -0.2) is 30.8 Å². The maximum absolute atomic E-state index is 11.9. The van der Waals surface area contributed by atoms with Gasteiger partial charge in [0.05, 0.1) is 16.3 Å². The Balaban J connectivity index is 2.49. The Kier molecular flexibility index (Phi) is 7.55. The van der Waals surface area contributed by atoms with Crippen LogP contribution >= 0.6 is 22.9 Å². The molecule has 1 aromatic rings. The minimum absolute atomic E-state index is 0.0277. The Morgan fingerprint density at radius 1 is 1.27 bits per heavy atom. The first-order valence-electron chi connectivity index (χ1n) is 6.99. The molecule has 1 unspecified atom stereocenters. The molecular weight excluding hydrogens is 326 g/mol. The van der Waals surface area contributed by atoms with Crippen LogP contribution in [0.25, 0.3) is 0 Å². The number of hydrogen-bond donors (Lipinski definition) is 1. The molecule has 5 nitrogen and oxygen atoms in total. The van der Waals surface area contributed by atoms with Crippen LogP contribution in [0.1, 0.15) is 42.8 Å². The number of methoxy groups -OCH3 is 1. The number of Topliss-reactive ketones (excluding diaryl/α,β-unsaturated/α-hetero) is 1. The summed E-state index contributed by atoms with van der Waals surface area (Å²) in [5.41, 5.74) is 0. The number of nitrogens with one attached hydrogen (secondary N) is 1. The van der Waals surface area contributed by atoms with Crippen molar-refractivity contribution < 1.29 is 19.1 Å². The van der Waals surface area contributed by atoms with Crippen molar-refractivity contribution in [1.29, 1.82) is 0 Å². The van der Waals surface area contributed by atoms with Crippen molar-refractivity contribution in [3.8, 4) is 0 Å². The highest BCUT2D eigenvalue weighted by atomic mass is 35.5. The highest BCUT2D eigenvalue weighted by Crippen LogP contribution is 2.22. The van der Waals surface area contributed by atoms with Gasteiger partial charge < -0.3 is 10.1 Å². The van der Waals surface area contributed by atoms with Crippen molar-refractivity contribution in [2.24, 2.45) is 5.92 Å². The topological polar surface area (TPSA) is 72.5 Å². The summed E-state index contributed by atoms with van der Waals surface area (Å²) in [5, 5.41) is 2.62. The monoisotopic (exact) mass is 345 g/mol. The van der Waals surface area contributed by atoms with E-state index in [1.165, 1.54) is 18.4 Å². The van der Waals surface area contributed by atoms with Gasteiger partial charge in [0, 0.05) is 12.8 Å². The van der Waals surface area contributed by atoms with Gasteiger partial charge in [-0.2, -0.15) is 0 Å². The third-order valence-corrected chi connectivity index (χ3v) is 4.23. The van der Waals surface area contributed by atoms with E-state index in [0.717, 1.165) is 0 Å². The first-order chi connectivity index (χ1) is 10.3. The van der Waals surface area contributed by atoms with E-state index in [-0.39, 0.29) is 30.4 Å². The quantitative estimate of drug-likeness (QED) is 0.580. The van der Waals surface area contributed by atoms with Crippen molar-refractivity contribution in [3.63, 3.8) is 0 Å². The molecule has 0 spiro atoms. The fourth-order valence-corrected chi connectivity index (χ4v) is 2.92. The third kappa shape index (κ3) is 6.15. The first-order valence-corrected chi connectivity index (χ1v) is 8.18. The molecule has 7 heteroatoms. The second kappa shape index (κ2) is 8.90. The van der Waals surface area contributed by atoms with E-state index < -0.39 is 12.0 Å². The SMILES string of the molecule is COC(=O)C(CC(C)C)NC(=O)CCC(=O)c1ccc(Cl)s1. The van der Waals surface area contributed by atoms with Crippen LogP contribution in [0.3, 0.4) is 0 Å². The van der Waals surface area contributed by atoms with Gasteiger partial charge in [-0.15, -0.1) is 11.3 Å². The molecule has 0 aliphatic carbocycles. The van der Waals surface area contributed by atoms with Gasteiger partial charge in [-0.05, 0) is 24.5 Å². The molecule has 1 aromatic heterocycles. The number of carbonyl (C=O) groups excluding carboxylic acids is 3. The summed E-state index contributed by atoms with van der Waals surface area (Å²) in [4.78, 5) is 36.0. The summed E-state index contributed by atoms with van der Waals surface area (Å²) in [6.07, 6.45) is 0.602. The molecule has 1 amide bonds. The molecule has 1 rings (SSSR count). The summed E-state index contributed by atoms with van der Waals surface area (Å²) < 4.78 is 5.22. The molecule has 0 aliphatic heterocycles. The molecule has 0 aromatic carbocycles. The number of rotatable bonds is 8. The van der Waals surface area contributed by atoms with Crippen molar-refractivity contribution in [3.05, 3.63) is 21.3 Å². The average molecular weight is 346 g/mol. The van der Waals surface area contributed by atoms with E-state index in [9.17, 15) is 14.4 Å². The molecule has 0 saturated carbocycles. The number of ether oxygens (including phenoxy) is 1. The number of hydrogen-bond acceptors (Lipinski definition) is 5. The molecule has 0 radical (unpaired) electrons. The highest BCUT2D eigenvalue weighted by molar-refractivity contribution is 7.18. The van der Waals surface area contributed by atoms with Crippen molar-refractivity contribution >= 4 is 40.6 Å². The van der Waals surface area contributed by atoms with Gasteiger partial charge in [0.1, 0.15) is 6.04 Å². The van der Waals surface area contributed by atoms with Gasteiger partial charge in [0.25, 0.3) is 0 Å². The minimum atomic E-state index is -0.677. The summed E-state index contributed by atoms with van der Waals surface area (Å²) in [6, 6.07) is 2.61. The zero-order chi connectivity index (χ0) is 16.7. The summed E-state index contributed by atoms with van der Waals surface area (Å²) >= 11 is 6.96. The molecule has 1 N–H and O–H groups in total. The van der Waals surface area contributed by atoms with Crippen molar-refractivity contribution in [2.75, 3.05) is 7.11 Å². The van der Waals surface area contributed by atoms with Crippen molar-refractivity contribution in [2.45, 2.75) is 39.2 Å². The molecule has 1 atom stereocenters. The van der Waals surface area contributed by atoms with E-state index in [1.807, 2.05) is 13.8 Å². The van der Waals surface area contributed by atoms with Crippen LogP contribution in [0.2, 0.25) is 4.34 Å². The minimum Gasteiger partial charge on any atom is -0.467 e. The zero-order valence-electron chi connectivity index (χ0n) is 12.8.